The maximum Gasteiger partial charge on any atom is 0.299 e. The Bertz CT molecular complexity index is 496. The maximum atomic E-state index is 5.60. The summed E-state index contributed by atoms with van der Waals surface area (Å²) in [6, 6.07) is 9.33. The molecule has 1 aliphatic rings. The van der Waals surface area contributed by atoms with Crippen molar-refractivity contribution in [1.29, 1.82) is 0 Å². The zero-order valence-electron chi connectivity index (χ0n) is 8.37. The molecule has 4 heteroatoms. The van der Waals surface area contributed by atoms with E-state index in [0.29, 0.717) is 11.5 Å². The van der Waals surface area contributed by atoms with Gasteiger partial charge in [0.15, 0.2) is 11.5 Å². The third kappa shape index (κ3) is 1.54. The van der Waals surface area contributed by atoms with Gasteiger partial charge in [0.1, 0.15) is 18.2 Å². The SMILES string of the molecule is C1=COC(c2ccc(-c3ccccn3)o2)O1. The third-order valence-electron chi connectivity index (χ3n) is 2.24. The first-order valence-electron chi connectivity index (χ1n) is 4.90. The van der Waals surface area contributed by atoms with Gasteiger partial charge in [-0.25, -0.2) is 0 Å². The van der Waals surface area contributed by atoms with E-state index >= 15 is 0 Å². The topological polar surface area (TPSA) is 44.5 Å². The van der Waals surface area contributed by atoms with E-state index in [1.807, 2.05) is 30.3 Å². The second kappa shape index (κ2) is 3.73. The summed E-state index contributed by atoms with van der Waals surface area (Å²) >= 11 is 0. The number of rotatable bonds is 2. The largest absolute Gasteiger partial charge is 0.452 e. The van der Waals surface area contributed by atoms with Crippen molar-refractivity contribution in [3.8, 4) is 11.5 Å². The Kier molecular flexibility index (Phi) is 2.11. The van der Waals surface area contributed by atoms with E-state index in [1.165, 1.54) is 12.5 Å². The Morgan fingerprint density at radius 2 is 1.88 bits per heavy atom. The molecule has 0 saturated heterocycles. The number of hydrogen-bond donors (Lipinski definition) is 0. The molecule has 0 N–H and O–H groups in total. The van der Waals surface area contributed by atoms with Crippen molar-refractivity contribution in [3.05, 3.63) is 54.8 Å². The maximum absolute atomic E-state index is 5.60. The predicted molar refractivity (Wildman–Crippen MR) is 56.0 cm³/mol. The molecule has 16 heavy (non-hydrogen) atoms. The average molecular weight is 215 g/mol. The first kappa shape index (κ1) is 9.03. The Hall–Kier alpha value is -2.23. The first-order chi connectivity index (χ1) is 7.93. The molecule has 0 aromatic carbocycles. The molecule has 0 amide bonds. The van der Waals surface area contributed by atoms with Crippen LogP contribution in [0, 0.1) is 0 Å². The zero-order chi connectivity index (χ0) is 10.8. The van der Waals surface area contributed by atoms with Crippen LogP contribution in [-0.2, 0) is 9.47 Å². The highest BCUT2D eigenvalue weighted by atomic mass is 16.7. The van der Waals surface area contributed by atoms with Crippen LogP contribution in [0.2, 0.25) is 0 Å². The molecule has 0 fully saturated rings. The van der Waals surface area contributed by atoms with E-state index in [1.54, 1.807) is 6.20 Å². The molecule has 3 rings (SSSR count). The molecule has 0 aliphatic carbocycles. The van der Waals surface area contributed by atoms with E-state index in [4.69, 9.17) is 13.9 Å². The van der Waals surface area contributed by atoms with Crippen molar-refractivity contribution in [1.82, 2.24) is 4.98 Å². The van der Waals surface area contributed by atoms with Gasteiger partial charge in [-0.15, -0.1) is 0 Å². The van der Waals surface area contributed by atoms with Crippen LogP contribution in [0.5, 0.6) is 0 Å². The van der Waals surface area contributed by atoms with Gasteiger partial charge in [-0.1, -0.05) is 6.07 Å². The number of ether oxygens (including phenoxy) is 2. The Morgan fingerprint density at radius 1 is 1.00 bits per heavy atom. The van der Waals surface area contributed by atoms with Gasteiger partial charge in [-0.05, 0) is 24.3 Å². The van der Waals surface area contributed by atoms with Crippen molar-refractivity contribution in [2.45, 2.75) is 6.29 Å². The summed E-state index contributed by atoms with van der Waals surface area (Å²) in [5.74, 6) is 1.33. The fourth-order valence-electron chi connectivity index (χ4n) is 1.50. The lowest BCUT2D eigenvalue weighted by Crippen LogP contribution is -1.94. The van der Waals surface area contributed by atoms with Crippen LogP contribution in [0.3, 0.4) is 0 Å². The highest BCUT2D eigenvalue weighted by Crippen LogP contribution is 2.28. The second-order valence-electron chi connectivity index (χ2n) is 3.29. The normalized spacial score (nSPS) is 14.8. The van der Waals surface area contributed by atoms with Crippen molar-refractivity contribution in [3.63, 3.8) is 0 Å². The molecule has 0 radical (unpaired) electrons. The van der Waals surface area contributed by atoms with Crippen LogP contribution in [0.15, 0.2) is 53.5 Å². The van der Waals surface area contributed by atoms with Gasteiger partial charge in [0.25, 0.3) is 6.29 Å². The quantitative estimate of drug-likeness (QED) is 0.772. The second-order valence-corrected chi connectivity index (χ2v) is 3.29. The minimum Gasteiger partial charge on any atom is -0.452 e. The standard InChI is InChI=1S/C12H9NO3/c1-2-6-13-9(3-1)10-4-5-11(16-10)12-14-7-8-15-12/h1-8,12H. The molecule has 2 aromatic rings. The number of aromatic nitrogens is 1. The summed E-state index contributed by atoms with van der Waals surface area (Å²) in [6.07, 6.45) is 4.24. The van der Waals surface area contributed by atoms with Crippen molar-refractivity contribution < 1.29 is 13.9 Å². The average Bonchev–Trinajstić information content (AvgIpc) is 3.01. The van der Waals surface area contributed by atoms with E-state index in [9.17, 15) is 0 Å². The third-order valence-corrected chi connectivity index (χ3v) is 2.24. The van der Waals surface area contributed by atoms with Crippen LogP contribution in [-0.4, -0.2) is 4.98 Å². The molecule has 2 aromatic heterocycles. The number of nitrogens with zero attached hydrogens (tertiary/aromatic N) is 1. The summed E-state index contributed by atoms with van der Waals surface area (Å²) in [6.45, 7) is 0. The van der Waals surface area contributed by atoms with E-state index in [0.717, 1.165) is 5.69 Å². The molecule has 0 unspecified atom stereocenters. The summed E-state index contributed by atoms with van der Waals surface area (Å²) in [5.41, 5.74) is 0.791. The van der Waals surface area contributed by atoms with Gasteiger partial charge < -0.3 is 13.9 Å². The van der Waals surface area contributed by atoms with Gasteiger partial charge in [0.2, 0.25) is 0 Å². The minimum atomic E-state index is -0.475. The molecule has 3 heterocycles. The van der Waals surface area contributed by atoms with Crippen molar-refractivity contribution in [2.75, 3.05) is 0 Å². The summed E-state index contributed by atoms with van der Waals surface area (Å²) in [7, 11) is 0. The predicted octanol–water partition coefficient (Wildman–Crippen LogP) is 2.86. The highest BCUT2D eigenvalue weighted by Gasteiger charge is 2.20. The Balaban J connectivity index is 1.88. The molecule has 1 aliphatic heterocycles. The van der Waals surface area contributed by atoms with Crippen LogP contribution in [0.4, 0.5) is 0 Å². The Morgan fingerprint density at radius 3 is 2.62 bits per heavy atom. The van der Waals surface area contributed by atoms with E-state index in [2.05, 4.69) is 4.98 Å². The van der Waals surface area contributed by atoms with Gasteiger partial charge >= 0.3 is 0 Å². The smallest absolute Gasteiger partial charge is 0.299 e. The van der Waals surface area contributed by atoms with Gasteiger partial charge in [0.05, 0.1) is 0 Å². The number of pyridine rings is 1. The Labute approximate surface area is 92.1 Å². The molecule has 0 bridgehead atoms. The van der Waals surface area contributed by atoms with Crippen LogP contribution in [0.25, 0.3) is 11.5 Å². The van der Waals surface area contributed by atoms with Gasteiger partial charge in [-0.3, -0.25) is 4.98 Å². The fraction of sp³-hybridized carbons (Fsp3) is 0.0833. The number of hydrogen-bond acceptors (Lipinski definition) is 4. The monoisotopic (exact) mass is 215 g/mol. The van der Waals surface area contributed by atoms with Gasteiger partial charge in [-0.2, -0.15) is 0 Å². The molecule has 0 saturated carbocycles. The molecule has 80 valence electrons. The lowest BCUT2D eigenvalue weighted by atomic mass is 10.3. The molecule has 0 spiro atoms. The van der Waals surface area contributed by atoms with E-state index < -0.39 is 6.29 Å². The first-order valence-corrected chi connectivity index (χ1v) is 4.90. The van der Waals surface area contributed by atoms with Crippen LogP contribution >= 0.6 is 0 Å². The molecule has 4 nitrogen and oxygen atoms in total. The summed E-state index contributed by atoms with van der Waals surface area (Å²) < 4.78 is 15.9. The van der Waals surface area contributed by atoms with Gasteiger partial charge in [0, 0.05) is 6.20 Å². The summed E-state index contributed by atoms with van der Waals surface area (Å²) in [5, 5.41) is 0. The van der Waals surface area contributed by atoms with Crippen LogP contribution in [0.1, 0.15) is 12.1 Å². The summed E-state index contributed by atoms with van der Waals surface area (Å²) in [4.78, 5) is 4.20. The lowest BCUT2D eigenvalue weighted by Gasteiger charge is -2.05. The highest BCUT2D eigenvalue weighted by molar-refractivity contribution is 5.51. The molecule has 0 atom stereocenters. The van der Waals surface area contributed by atoms with Crippen molar-refractivity contribution in [2.24, 2.45) is 0 Å². The van der Waals surface area contributed by atoms with E-state index in [-0.39, 0.29) is 0 Å². The lowest BCUT2D eigenvalue weighted by molar-refractivity contribution is -0.0400. The molecular formula is C12H9NO3. The fourth-order valence-corrected chi connectivity index (χ4v) is 1.50. The number of furan rings is 1. The minimum absolute atomic E-state index is 0.475. The molecular weight excluding hydrogens is 206 g/mol. The zero-order valence-corrected chi connectivity index (χ0v) is 8.37. The van der Waals surface area contributed by atoms with Crippen molar-refractivity contribution >= 4 is 0 Å². The van der Waals surface area contributed by atoms with Crippen LogP contribution < -0.4 is 0 Å².